The van der Waals surface area contributed by atoms with Crippen LogP contribution < -0.4 is 0 Å². The summed E-state index contributed by atoms with van der Waals surface area (Å²) in [5.41, 5.74) is 2.36. The normalized spacial score (nSPS) is 15.4. The molecule has 2 heterocycles. The highest BCUT2D eigenvalue weighted by Gasteiger charge is 2.29. The summed E-state index contributed by atoms with van der Waals surface area (Å²) in [4.78, 5) is 4.86. The quantitative estimate of drug-likeness (QED) is 0.767. The standard InChI is InChI=1S/C19H20N4O2S/c1-14-9-10-16(13-17(14)26(24,25)23-11-5-6-12-23)19-20-18(21-22-19)15-7-3-2-4-8-15/h2-4,7-10,13H,5-6,11-12H2,1H3,(H,20,21,22). The fourth-order valence-electron chi connectivity index (χ4n) is 3.20. The van der Waals surface area contributed by atoms with Gasteiger partial charge in [-0.3, -0.25) is 5.10 Å². The van der Waals surface area contributed by atoms with Crippen molar-refractivity contribution < 1.29 is 8.42 Å². The van der Waals surface area contributed by atoms with Gasteiger partial charge in [0, 0.05) is 24.2 Å². The van der Waals surface area contributed by atoms with Gasteiger partial charge in [-0.25, -0.2) is 13.4 Å². The van der Waals surface area contributed by atoms with Gasteiger partial charge in [0.25, 0.3) is 0 Å². The SMILES string of the molecule is Cc1ccc(-c2n[nH]c(-c3ccccc3)n2)cc1S(=O)(=O)N1CCCC1. The zero-order valence-corrected chi connectivity index (χ0v) is 15.3. The maximum absolute atomic E-state index is 12.9. The molecule has 0 aliphatic carbocycles. The molecule has 2 aromatic carbocycles. The molecule has 0 bridgehead atoms. The topological polar surface area (TPSA) is 79.0 Å². The molecule has 3 aromatic rings. The molecule has 1 aliphatic heterocycles. The molecule has 26 heavy (non-hydrogen) atoms. The molecule has 0 amide bonds. The van der Waals surface area contributed by atoms with Crippen LogP contribution in [0.2, 0.25) is 0 Å². The van der Waals surface area contributed by atoms with Crippen LogP contribution in [0.5, 0.6) is 0 Å². The number of H-pyrrole nitrogens is 1. The zero-order chi connectivity index (χ0) is 18.1. The molecule has 1 aliphatic rings. The van der Waals surface area contributed by atoms with Crippen LogP contribution in [0.4, 0.5) is 0 Å². The van der Waals surface area contributed by atoms with Gasteiger partial charge in [-0.1, -0.05) is 42.5 Å². The van der Waals surface area contributed by atoms with E-state index in [0.29, 0.717) is 35.2 Å². The van der Waals surface area contributed by atoms with Crippen molar-refractivity contribution in [1.82, 2.24) is 19.5 Å². The lowest BCUT2D eigenvalue weighted by Gasteiger charge is -2.17. The van der Waals surface area contributed by atoms with Crippen LogP contribution in [0.15, 0.2) is 53.4 Å². The molecule has 0 spiro atoms. The molecular formula is C19H20N4O2S. The Morgan fingerprint density at radius 2 is 1.73 bits per heavy atom. The van der Waals surface area contributed by atoms with Crippen molar-refractivity contribution in [2.45, 2.75) is 24.7 Å². The van der Waals surface area contributed by atoms with Crippen molar-refractivity contribution in [3.8, 4) is 22.8 Å². The van der Waals surface area contributed by atoms with Crippen LogP contribution in [-0.4, -0.2) is 41.0 Å². The number of nitrogens with one attached hydrogen (secondary N) is 1. The lowest BCUT2D eigenvalue weighted by Crippen LogP contribution is -2.28. The highest BCUT2D eigenvalue weighted by molar-refractivity contribution is 7.89. The smallest absolute Gasteiger partial charge is 0.243 e. The Hall–Kier alpha value is -2.51. The average Bonchev–Trinajstić information content (AvgIpc) is 3.35. The van der Waals surface area contributed by atoms with E-state index in [-0.39, 0.29) is 0 Å². The molecule has 0 radical (unpaired) electrons. The number of sulfonamides is 1. The molecule has 1 saturated heterocycles. The van der Waals surface area contributed by atoms with E-state index in [0.717, 1.165) is 24.0 Å². The molecule has 0 unspecified atom stereocenters. The number of hydrogen-bond acceptors (Lipinski definition) is 4. The van der Waals surface area contributed by atoms with E-state index in [1.54, 1.807) is 10.4 Å². The van der Waals surface area contributed by atoms with Gasteiger partial charge in [0.2, 0.25) is 10.0 Å². The molecular weight excluding hydrogens is 348 g/mol. The van der Waals surface area contributed by atoms with Crippen LogP contribution in [0.3, 0.4) is 0 Å². The maximum atomic E-state index is 12.9. The number of hydrogen-bond donors (Lipinski definition) is 1. The second-order valence-corrected chi connectivity index (χ2v) is 8.37. The van der Waals surface area contributed by atoms with Gasteiger partial charge in [-0.05, 0) is 31.4 Å². The number of rotatable bonds is 4. The summed E-state index contributed by atoms with van der Waals surface area (Å²) in [6.45, 7) is 3.00. The van der Waals surface area contributed by atoms with E-state index in [1.165, 1.54) is 0 Å². The van der Waals surface area contributed by atoms with Crippen molar-refractivity contribution in [1.29, 1.82) is 0 Å². The van der Waals surface area contributed by atoms with Gasteiger partial charge in [-0.15, -0.1) is 0 Å². The van der Waals surface area contributed by atoms with Crippen molar-refractivity contribution in [2.24, 2.45) is 0 Å². The van der Waals surface area contributed by atoms with E-state index >= 15 is 0 Å². The summed E-state index contributed by atoms with van der Waals surface area (Å²) in [5.74, 6) is 1.15. The Balaban J connectivity index is 1.72. The number of nitrogens with zero attached hydrogens (tertiary/aromatic N) is 3. The first-order valence-corrected chi connectivity index (χ1v) is 10.1. The molecule has 1 aromatic heterocycles. The summed E-state index contributed by atoms with van der Waals surface area (Å²) in [6.07, 6.45) is 1.83. The maximum Gasteiger partial charge on any atom is 0.243 e. The third kappa shape index (κ3) is 3.04. The predicted molar refractivity (Wildman–Crippen MR) is 100.0 cm³/mol. The summed E-state index contributed by atoms with van der Waals surface area (Å²) in [5, 5.41) is 7.20. The lowest BCUT2D eigenvalue weighted by molar-refractivity contribution is 0.477. The largest absolute Gasteiger partial charge is 0.259 e. The summed E-state index contributed by atoms with van der Waals surface area (Å²) < 4.78 is 27.4. The summed E-state index contributed by atoms with van der Waals surface area (Å²) in [6, 6.07) is 15.1. The number of aromatic nitrogens is 3. The van der Waals surface area contributed by atoms with Gasteiger partial charge in [0.15, 0.2) is 11.6 Å². The zero-order valence-electron chi connectivity index (χ0n) is 14.5. The van der Waals surface area contributed by atoms with Crippen LogP contribution in [-0.2, 0) is 10.0 Å². The minimum atomic E-state index is -3.48. The second-order valence-electron chi connectivity index (χ2n) is 6.47. The average molecular weight is 368 g/mol. The molecule has 0 saturated carbocycles. The first-order chi connectivity index (χ1) is 12.6. The molecule has 6 nitrogen and oxygen atoms in total. The predicted octanol–water partition coefficient (Wildman–Crippen LogP) is 3.23. The monoisotopic (exact) mass is 368 g/mol. The van der Waals surface area contributed by atoms with Crippen LogP contribution in [0.1, 0.15) is 18.4 Å². The fourth-order valence-corrected chi connectivity index (χ4v) is 4.97. The first-order valence-electron chi connectivity index (χ1n) is 8.65. The van der Waals surface area contributed by atoms with E-state index in [1.807, 2.05) is 49.4 Å². The Morgan fingerprint density at radius 3 is 2.46 bits per heavy atom. The van der Waals surface area contributed by atoms with E-state index in [2.05, 4.69) is 15.2 Å². The summed E-state index contributed by atoms with van der Waals surface area (Å²) in [7, 11) is -3.48. The third-order valence-corrected chi connectivity index (χ3v) is 6.70. The van der Waals surface area contributed by atoms with Crippen molar-refractivity contribution in [2.75, 3.05) is 13.1 Å². The van der Waals surface area contributed by atoms with Gasteiger partial charge >= 0.3 is 0 Å². The Kier molecular flexibility index (Phi) is 4.34. The second kappa shape index (κ2) is 6.66. The Labute approximate surface area is 153 Å². The lowest BCUT2D eigenvalue weighted by atomic mass is 10.1. The highest BCUT2D eigenvalue weighted by Crippen LogP contribution is 2.28. The van der Waals surface area contributed by atoms with Crippen LogP contribution >= 0.6 is 0 Å². The Bertz CT molecular complexity index is 1020. The Morgan fingerprint density at radius 1 is 1.00 bits per heavy atom. The van der Waals surface area contributed by atoms with Crippen molar-refractivity contribution in [3.05, 3.63) is 54.1 Å². The highest BCUT2D eigenvalue weighted by atomic mass is 32.2. The van der Waals surface area contributed by atoms with Gasteiger partial charge < -0.3 is 0 Å². The number of benzene rings is 2. The van der Waals surface area contributed by atoms with Crippen LogP contribution in [0, 0.1) is 6.92 Å². The molecule has 1 N–H and O–H groups in total. The van der Waals surface area contributed by atoms with Gasteiger partial charge in [0.05, 0.1) is 4.90 Å². The van der Waals surface area contributed by atoms with Gasteiger partial charge in [-0.2, -0.15) is 9.40 Å². The molecule has 0 atom stereocenters. The van der Waals surface area contributed by atoms with Crippen molar-refractivity contribution >= 4 is 10.0 Å². The first kappa shape index (κ1) is 16.9. The van der Waals surface area contributed by atoms with E-state index in [9.17, 15) is 8.42 Å². The van der Waals surface area contributed by atoms with E-state index in [4.69, 9.17) is 0 Å². The summed E-state index contributed by atoms with van der Waals surface area (Å²) >= 11 is 0. The third-order valence-electron chi connectivity index (χ3n) is 4.66. The van der Waals surface area contributed by atoms with E-state index < -0.39 is 10.0 Å². The fraction of sp³-hybridized carbons (Fsp3) is 0.263. The minimum Gasteiger partial charge on any atom is -0.259 e. The van der Waals surface area contributed by atoms with Crippen molar-refractivity contribution in [3.63, 3.8) is 0 Å². The molecule has 134 valence electrons. The molecule has 1 fully saturated rings. The van der Waals surface area contributed by atoms with Gasteiger partial charge in [0.1, 0.15) is 0 Å². The molecule has 4 rings (SSSR count). The minimum absolute atomic E-state index is 0.336. The number of aryl methyl sites for hydroxylation is 1. The number of aromatic amines is 1. The molecule has 7 heteroatoms. The van der Waals surface area contributed by atoms with Crippen LogP contribution in [0.25, 0.3) is 22.8 Å².